The van der Waals surface area contributed by atoms with Gasteiger partial charge in [0.2, 0.25) is 0 Å². The van der Waals surface area contributed by atoms with Crippen LogP contribution in [0.4, 0.5) is 0 Å². The van der Waals surface area contributed by atoms with Crippen molar-refractivity contribution in [3.63, 3.8) is 0 Å². The minimum absolute atomic E-state index is 0.256. The van der Waals surface area contributed by atoms with E-state index in [0.29, 0.717) is 0 Å². The molecule has 0 spiro atoms. The van der Waals surface area contributed by atoms with Crippen molar-refractivity contribution in [1.82, 2.24) is 0 Å². The molecule has 1 atom stereocenters. The van der Waals surface area contributed by atoms with Crippen molar-refractivity contribution in [1.29, 1.82) is 5.26 Å². The third-order valence-electron chi connectivity index (χ3n) is 2.28. The van der Waals surface area contributed by atoms with Crippen molar-refractivity contribution in [2.24, 2.45) is 11.1 Å². The third kappa shape index (κ3) is 1.56. The third-order valence-corrected chi connectivity index (χ3v) is 2.28. The van der Waals surface area contributed by atoms with Crippen LogP contribution >= 0.6 is 0 Å². The predicted molar refractivity (Wildman–Crippen MR) is 42.1 cm³/mol. The van der Waals surface area contributed by atoms with Gasteiger partial charge in [0.15, 0.2) is 0 Å². The van der Waals surface area contributed by atoms with E-state index in [4.69, 9.17) is 16.1 Å². The molecule has 0 heterocycles. The molecule has 1 aliphatic rings. The van der Waals surface area contributed by atoms with Gasteiger partial charge in [-0.1, -0.05) is 0 Å². The first-order valence-corrected chi connectivity index (χ1v) is 3.85. The van der Waals surface area contributed by atoms with Crippen molar-refractivity contribution in [3.05, 3.63) is 0 Å². The normalized spacial score (nSPS) is 23.8. The fraction of sp³-hybridized carbons (Fsp3) is 0.750. The van der Waals surface area contributed by atoms with Gasteiger partial charge in [-0.05, 0) is 26.2 Å². The number of hydrogen-bond donors (Lipinski definition) is 2. The minimum Gasteiger partial charge on any atom is -0.480 e. The zero-order valence-electron chi connectivity index (χ0n) is 7.00. The number of carbonyl (C=O) groups is 1. The van der Waals surface area contributed by atoms with E-state index in [1.54, 1.807) is 0 Å². The van der Waals surface area contributed by atoms with Gasteiger partial charge < -0.3 is 10.8 Å². The first kappa shape index (κ1) is 9.01. The maximum atomic E-state index is 10.6. The summed E-state index contributed by atoms with van der Waals surface area (Å²) in [6.07, 6.45) is 1.82. The summed E-state index contributed by atoms with van der Waals surface area (Å²) in [5, 5.41) is 17.4. The van der Waals surface area contributed by atoms with Crippen molar-refractivity contribution in [2.75, 3.05) is 0 Å². The lowest BCUT2D eigenvalue weighted by atomic mass is 9.88. The summed E-state index contributed by atoms with van der Waals surface area (Å²) in [6.45, 7) is 1.45. The molecule has 0 amide bonds. The second kappa shape index (κ2) is 2.46. The molecule has 0 aliphatic heterocycles. The first-order chi connectivity index (χ1) is 5.42. The number of aliphatic carboxylic acids is 1. The van der Waals surface area contributed by atoms with Crippen LogP contribution < -0.4 is 5.73 Å². The van der Waals surface area contributed by atoms with Gasteiger partial charge in [0.1, 0.15) is 5.54 Å². The van der Waals surface area contributed by atoms with Crippen LogP contribution in [-0.2, 0) is 4.79 Å². The zero-order chi connectivity index (χ0) is 9.41. The van der Waals surface area contributed by atoms with Crippen LogP contribution in [-0.4, -0.2) is 16.6 Å². The average Bonchev–Trinajstić information content (AvgIpc) is 2.68. The molecule has 3 N–H and O–H groups in total. The highest BCUT2D eigenvalue weighted by Crippen LogP contribution is 2.50. The summed E-state index contributed by atoms with van der Waals surface area (Å²) >= 11 is 0. The minimum atomic E-state index is -1.26. The number of nitriles is 1. The molecule has 4 nitrogen and oxygen atoms in total. The number of rotatable bonds is 3. The quantitative estimate of drug-likeness (QED) is 0.641. The van der Waals surface area contributed by atoms with Crippen LogP contribution in [0.5, 0.6) is 0 Å². The van der Waals surface area contributed by atoms with E-state index >= 15 is 0 Å². The maximum Gasteiger partial charge on any atom is 0.323 e. The molecule has 0 unspecified atom stereocenters. The molecule has 0 saturated heterocycles. The van der Waals surface area contributed by atoms with Crippen molar-refractivity contribution in [3.8, 4) is 6.07 Å². The summed E-state index contributed by atoms with van der Waals surface area (Å²) in [6, 6.07) is 2.12. The molecule has 0 aromatic rings. The lowest BCUT2D eigenvalue weighted by Crippen LogP contribution is -2.46. The van der Waals surface area contributed by atoms with E-state index in [1.807, 2.05) is 0 Å². The SMILES string of the molecule is C[C@@](N)(CC1(C#N)CC1)C(=O)O. The Bertz CT molecular complexity index is 248. The van der Waals surface area contributed by atoms with E-state index in [-0.39, 0.29) is 6.42 Å². The molecule has 0 bridgehead atoms. The van der Waals surface area contributed by atoms with Crippen molar-refractivity contribution in [2.45, 2.75) is 31.7 Å². The summed E-state index contributed by atoms with van der Waals surface area (Å²) < 4.78 is 0. The molecule has 1 saturated carbocycles. The average molecular weight is 168 g/mol. The molecule has 0 aromatic heterocycles. The Morgan fingerprint density at radius 2 is 2.33 bits per heavy atom. The highest BCUT2D eigenvalue weighted by Gasteiger charge is 2.49. The first-order valence-electron chi connectivity index (χ1n) is 3.85. The molecule has 1 rings (SSSR count). The molecule has 1 aliphatic carbocycles. The molecule has 4 heteroatoms. The zero-order valence-corrected chi connectivity index (χ0v) is 7.00. The molecule has 1 fully saturated rings. The highest BCUT2D eigenvalue weighted by atomic mass is 16.4. The molecule has 12 heavy (non-hydrogen) atoms. The van der Waals surface area contributed by atoms with E-state index < -0.39 is 16.9 Å². The Hall–Kier alpha value is -1.08. The fourth-order valence-corrected chi connectivity index (χ4v) is 1.26. The van der Waals surface area contributed by atoms with Gasteiger partial charge in [0.25, 0.3) is 0 Å². The summed E-state index contributed by atoms with van der Waals surface area (Å²) in [7, 11) is 0. The van der Waals surface area contributed by atoms with Crippen LogP contribution in [0.2, 0.25) is 0 Å². The van der Waals surface area contributed by atoms with E-state index in [2.05, 4.69) is 6.07 Å². The van der Waals surface area contributed by atoms with Crippen molar-refractivity contribution < 1.29 is 9.90 Å². The monoisotopic (exact) mass is 168 g/mol. The Kier molecular flexibility index (Phi) is 1.85. The Labute approximate surface area is 71.0 Å². The molecular formula is C8H12N2O2. The molecule has 66 valence electrons. The van der Waals surface area contributed by atoms with Crippen LogP contribution in [0.15, 0.2) is 0 Å². The molecular weight excluding hydrogens is 156 g/mol. The van der Waals surface area contributed by atoms with E-state index in [0.717, 1.165) is 12.8 Å². The number of carboxylic acids is 1. The number of carboxylic acid groups (broad SMARTS) is 1. The van der Waals surface area contributed by atoms with Gasteiger partial charge in [0, 0.05) is 0 Å². The Morgan fingerprint density at radius 3 is 2.58 bits per heavy atom. The summed E-state index contributed by atoms with van der Waals surface area (Å²) in [5.74, 6) is -1.04. The molecule has 0 radical (unpaired) electrons. The van der Waals surface area contributed by atoms with Crippen LogP contribution in [0.3, 0.4) is 0 Å². The van der Waals surface area contributed by atoms with Crippen LogP contribution in [0, 0.1) is 16.7 Å². The van der Waals surface area contributed by atoms with Gasteiger partial charge in [-0.15, -0.1) is 0 Å². The number of hydrogen-bond acceptors (Lipinski definition) is 3. The van der Waals surface area contributed by atoms with E-state index in [1.165, 1.54) is 6.92 Å². The Morgan fingerprint density at radius 1 is 1.83 bits per heavy atom. The molecule has 0 aromatic carbocycles. The topological polar surface area (TPSA) is 87.1 Å². The van der Waals surface area contributed by atoms with Gasteiger partial charge in [-0.3, -0.25) is 4.79 Å². The van der Waals surface area contributed by atoms with Gasteiger partial charge in [-0.2, -0.15) is 5.26 Å². The van der Waals surface area contributed by atoms with Crippen molar-refractivity contribution >= 4 is 5.97 Å². The summed E-state index contributed by atoms with van der Waals surface area (Å²) in [4.78, 5) is 10.6. The van der Waals surface area contributed by atoms with Gasteiger partial charge in [0.05, 0.1) is 11.5 Å². The van der Waals surface area contributed by atoms with E-state index in [9.17, 15) is 4.79 Å². The Balaban J connectivity index is 2.63. The van der Waals surface area contributed by atoms with Crippen LogP contribution in [0.1, 0.15) is 26.2 Å². The standard InChI is InChI=1S/C8H12N2O2/c1-7(10,6(11)12)4-8(5-9)2-3-8/h2-4,10H2,1H3,(H,11,12)/t7-/m1/s1. The van der Waals surface area contributed by atoms with Gasteiger partial charge >= 0.3 is 5.97 Å². The lowest BCUT2D eigenvalue weighted by molar-refractivity contribution is -0.143. The smallest absolute Gasteiger partial charge is 0.323 e. The largest absolute Gasteiger partial charge is 0.480 e. The summed E-state index contributed by atoms with van der Waals surface area (Å²) in [5.41, 5.74) is 3.81. The lowest BCUT2D eigenvalue weighted by Gasteiger charge is -2.21. The highest BCUT2D eigenvalue weighted by molar-refractivity contribution is 5.78. The second-order valence-electron chi connectivity index (χ2n) is 3.79. The predicted octanol–water partition coefficient (Wildman–Crippen LogP) is 0.482. The fourth-order valence-electron chi connectivity index (χ4n) is 1.26. The number of nitrogens with zero attached hydrogens (tertiary/aromatic N) is 1. The van der Waals surface area contributed by atoms with Gasteiger partial charge in [-0.25, -0.2) is 0 Å². The van der Waals surface area contributed by atoms with Crippen LogP contribution in [0.25, 0.3) is 0 Å². The number of nitrogens with two attached hydrogens (primary N) is 1. The second-order valence-corrected chi connectivity index (χ2v) is 3.79. The maximum absolute atomic E-state index is 10.6.